The van der Waals surface area contributed by atoms with Gasteiger partial charge in [0, 0.05) is 13.7 Å². The second kappa shape index (κ2) is 7.13. The average molecular weight is 337 g/mol. The first kappa shape index (κ1) is 17.5. The quantitative estimate of drug-likeness (QED) is 0.799. The van der Waals surface area contributed by atoms with Gasteiger partial charge in [-0.3, -0.25) is 0 Å². The highest BCUT2D eigenvalue weighted by molar-refractivity contribution is 5.75. The monoisotopic (exact) mass is 337 g/mol. The fourth-order valence-electron chi connectivity index (χ4n) is 2.49. The number of aromatic nitrogens is 3. The zero-order chi connectivity index (χ0) is 17.0. The lowest BCUT2D eigenvalue weighted by Crippen LogP contribution is -2.47. The van der Waals surface area contributed by atoms with Crippen molar-refractivity contribution in [1.29, 1.82) is 0 Å². The number of urea groups is 1. The van der Waals surface area contributed by atoms with E-state index >= 15 is 0 Å². The summed E-state index contributed by atoms with van der Waals surface area (Å²) in [6.45, 7) is -0.745. The van der Waals surface area contributed by atoms with Crippen LogP contribution in [0.5, 0.6) is 0 Å². The van der Waals surface area contributed by atoms with Gasteiger partial charge in [0.2, 0.25) is 0 Å². The number of ether oxygens (including phenoxy) is 1. The molecule has 0 radical (unpaired) electrons. The highest BCUT2D eigenvalue weighted by atomic mass is 19.4. The zero-order valence-electron chi connectivity index (χ0n) is 12.4. The van der Waals surface area contributed by atoms with Crippen molar-refractivity contribution >= 4 is 6.03 Å². The van der Waals surface area contributed by atoms with Crippen molar-refractivity contribution in [2.45, 2.75) is 30.8 Å². The molecule has 1 fully saturated rings. The number of nitrogens with one attached hydrogen (secondary N) is 1. The van der Waals surface area contributed by atoms with Gasteiger partial charge in [0.15, 0.2) is 6.04 Å². The van der Waals surface area contributed by atoms with Crippen molar-refractivity contribution < 1.29 is 27.8 Å². The van der Waals surface area contributed by atoms with Crippen LogP contribution in [-0.2, 0) is 4.74 Å². The first-order valence-corrected chi connectivity index (χ1v) is 6.95. The number of hydrogen-bond donors (Lipinski definition) is 2. The number of methoxy groups -OCH3 is 1. The van der Waals surface area contributed by atoms with Crippen LogP contribution in [0.3, 0.4) is 0 Å². The zero-order valence-corrected chi connectivity index (χ0v) is 12.4. The number of likely N-dealkylation sites (tertiary alicyclic amines) is 1. The van der Waals surface area contributed by atoms with E-state index in [0.717, 1.165) is 12.7 Å². The Morgan fingerprint density at radius 3 is 2.83 bits per heavy atom. The summed E-state index contributed by atoms with van der Waals surface area (Å²) in [6, 6.07) is -3.17. The van der Waals surface area contributed by atoms with Crippen LogP contribution < -0.4 is 5.32 Å². The molecule has 0 aliphatic carbocycles. The number of aliphatic hydroxyl groups is 1. The van der Waals surface area contributed by atoms with Gasteiger partial charge in [-0.05, 0) is 6.42 Å². The number of halogens is 3. The molecule has 11 heteroatoms. The average Bonchev–Trinajstić information content (AvgIpc) is 3.14. The van der Waals surface area contributed by atoms with Gasteiger partial charge < -0.3 is 20.1 Å². The van der Waals surface area contributed by atoms with Crippen molar-refractivity contribution in [2.24, 2.45) is 0 Å². The largest absolute Gasteiger partial charge is 0.412 e. The molecule has 130 valence electrons. The van der Waals surface area contributed by atoms with Crippen LogP contribution in [0.15, 0.2) is 12.7 Å². The topological polar surface area (TPSA) is 92.5 Å². The van der Waals surface area contributed by atoms with Gasteiger partial charge in [-0.25, -0.2) is 14.5 Å². The molecular formula is C12H18F3N5O3. The fraction of sp³-hybridized carbons (Fsp3) is 0.750. The predicted octanol–water partition coefficient (Wildman–Crippen LogP) is 0.173. The van der Waals surface area contributed by atoms with Crippen LogP contribution in [0, 0.1) is 0 Å². The van der Waals surface area contributed by atoms with Gasteiger partial charge in [-0.1, -0.05) is 0 Å². The summed E-state index contributed by atoms with van der Waals surface area (Å²) in [4.78, 5) is 16.9. The Morgan fingerprint density at radius 1 is 1.57 bits per heavy atom. The van der Waals surface area contributed by atoms with E-state index in [0.29, 0.717) is 11.1 Å². The van der Waals surface area contributed by atoms with Crippen molar-refractivity contribution in [1.82, 2.24) is 25.0 Å². The molecular weight excluding hydrogens is 319 g/mol. The molecule has 1 aromatic rings. The van der Waals surface area contributed by atoms with Crippen LogP contribution in [-0.4, -0.2) is 75.9 Å². The Balaban J connectivity index is 1.99. The molecule has 2 amide bonds. The molecule has 23 heavy (non-hydrogen) atoms. The fourth-order valence-corrected chi connectivity index (χ4v) is 2.49. The minimum absolute atomic E-state index is 0.216. The van der Waals surface area contributed by atoms with E-state index in [-0.39, 0.29) is 19.3 Å². The molecule has 1 aliphatic heterocycles. The third-order valence-corrected chi connectivity index (χ3v) is 3.76. The van der Waals surface area contributed by atoms with Crippen molar-refractivity contribution in [2.75, 3.05) is 26.8 Å². The van der Waals surface area contributed by atoms with Gasteiger partial charge >= 0.3 is 12.2 Å². The first-order chi connectivity index (χ1) is 10.9. The van der Waals surface area contributed by atoms with E-state index < -0.39 is 30.8 Å². The second-order valence-electron chi connectivity index (χ2n) is 5.20. The summed E-state index contributed by atoms with van der Waals surface area (Å²) >= 11 is 0. The van der Waals surface area contributed by atoms with E-state index in [4.69, 9.17) is 4.74 Å². The Bertz CT molecular complexity index is 511. The van der Waals surface area contributed by atoms with E-state index in [1.54, 1.807) is 0 Å². The molecule has 0 aromatic carbocycles. The molecule has 2 heterocycles. The minimum Gasteiger partial charge on any atom is -0.394 e. The van der Waals surface area contributed by atoms with Gasteiger partial charge in [0.05, 0.1) is 25.3 Å². The first-order valence-electron chi connectivity index (χ1n) is 6.95. The summed E-state index contributed by atoms with van der Waals surface area (Å²) in [7, 11) is 1.48. The lowest BCUT2D eigenvalue weighted by molar-refractivity contribution is -0.168. The number of rotatable bonds is 5. The molecule has 2 N–H and O–H groups in total. The summed E-state index contributed by atoms with van der Waals surface area (Å²) in [5, 5.41) is 15.0. The van der Waals surface area contributed by atoms with Gasteiger partial charge in [-0.15, -0.1) is 0 Å². The van der Waals surface area contributed by atoms with Crippen molar-refractivity contribution in [3.8, 4) is 0 Å². The van der Waals surface area contributed by atoms with Crippen molar-refractivity contribution in [3.63, 3.8) is 0 Å². The molecule has 0 spiro atoms. The Morgan fingerprint density at radius 2 is 2.30 bits per heavy atom. The highest BCUT2D eigenvalue weighted by Crippen LogP contribution is 2.29. The number of amides is 2. The number of carbonyl (C=O) groups is 1. The number of aliphatic hydroxyl groups excluding tert-OH is 1. The number of nitrogens with zero attached hydrogens (tertiary/aromatic N) is 4. The SMILES string of the molecule is CO[C@@H]1C[C@@H](CO)N(C(=O)NCC(n2cncn2)C(F)(F)F)C1. The third kappa shape index (κ3) is 4.10. The molecule has 1 aromatic heterocycles. The molecule has 0 saturated carbocycles. The lowest BCUT2D eigenvalue weighted by Gasteiger charge is -2.25. The predicted molar refractivity (Wildman–Crippen MR) is 71.5 cm³/mol. The van der Waals surface area contributed by atoms with Crippen LogP contribution in [0.4, 0.5) is 18.0 Å². The van der Waals surface area contributed by atoms with E-state index in [1.165, 1.54) is 12.0 Å². The maximum Gasteiger partial charge on any atom is 0.412 e. The molecule has 1 unspecified atom stereocenters. The minimum atomic E-state index is -4.59. The summed E-state index contributed by atoms with van der Waals surface area (Å²) < 4.78 is 44.9. The summed E-state index contributed by atoms with van der Waals surface area (Å²) in [5.41, 5.74) is 0. The molecule has 1 aliphatic rings. The van der Waals surface area contributed by atoms with Gasteiger partial charge in [0.25, 0.3) is 0 Å². The van der Waals surface area contributed by atoms with Crippen LogP contribution in [0.1, 0.15) is 12.5 Å². The van der Waals surface area contributed by atoms with Crippen LogP contribution in [0.25, 0.3) is 0 Å². The lowest BCUT2D eigenvalue weighted by atomic mass is 10.2. The van der Waals surface area contributed by atoms with Gasteiger partial charge in [-0.2, -0.15) is 18.3 Å². The van der Waals surface area contributed by atoms with Crippen LogP contribution in [0.2, 0.25) is 0 Å². The maximum absolute atomic E-state index is 13.1. The Kier molecular flexibility index (Phi) is 5.42. The molecule has 1 saturated heterocycles. The Labute approximate surface area is 130 Å². The van der Waals surface area contributed by atoms with E-state index in [9.17, 15) is 23.1 Å². The number of carbonyl (C=O) groups excluding carboxylic acids is 1. The molecule has 8 nitrogen and oxygen atoms in total. The summed E-state index contributed by atoms with van der Waals surface area (Å²) in [6.07, 6.45) is -2.46. The molecule has 3 atom stereocenters. The standard InChI is InChI=1S/C12H18F3N5O3/c1-23-9-2-8(5-21)19(4-9)11(22)17-3-10(12(13,14)15)20-7-16-6-18-20/h6-10,21H,2-5H2,1H3,(H,17,22)/t8-,9+,10?/m0/s1. The Hall–Kier alpha value is -1.88. The third-order valence-electron chi connectivity index (χ3n) is 3.76. The normalized spacial score (nSPS) is 23.1. The van der Waals surface area contributed by atoms with Gasteiger partial charge in [0.1, 0.15) is 12.7 Å². The second-order valence-corrected chi connectivity index (χ2v) is 5.20. The molecule has 0 bridgehead atoms. The smallest absolute Gasteiger partial charge is 0.394 e. The van der Waals surface area contributed by atoms with Crippen molar-refractivity contribution in [3.05, 3.63) is 12.7 Å². The molecule has 2 rings (SSSR count). The number of alkyl halides is 3. The number of hydrogen-bond acceptors (Lipinski definition) is 5. The maximum atomic E-state index is 13.1. The highest BCUT2D eigenvalue weighted by Gasteiger charge is 2.43. The van der Waals surface area contributed by atoms with E-state index in [2.05, 4.69) is 15.4 Å². The van der Waals surface area contributed by atoms with E-state index in [1.807, 2.05) is 0 Å². The summed E-state index contributed by atoms with van der Waals surface area (Å²) in [5.74, 6) is 0. The van der Waals surface area contributed by atoms with Crippen LogP contribution >= 0.6 is 0 Å².